The predicted molar refractivity (Wildman–Crippen MR) is 197 cm³/mol. The summed E-state index contributed by atoms with van der Waals surface area (Å²) in [5, 5.41) is 0. The zero-order valence-electron chi connectivity index (χ0n) is 31.7. The number of quaternary nitrogens is 1. The van der Waals surface area contributed by atoms with Gasteiger partial charge in [0.1, 0.15) is 19.8 Å². The van der Waals surface area contributed by atoms with Gasteiger partial charge in [-0.25, -0.2) is 4.57 Å². The molecule has 0 aliphatic rings. The molecule has 0 radical (unpaired) electrons. The maximum absolute atomic E-state index is 12.6. The molecule has 0 aliphatic carbocycles. The van der Waals surface area contributed by atoms with E-state index in [-0.39, 0.29) is 25.6 Å². The third kappa shape index (κ3) is 34.6. The van der Waals surface area contributed by atoms with E-state index in [0.29, 0.717) is 23.9 Å². The summed E-state index contributed by atoms with van der Waals surface area (Å²) in [5.41, 5.74) is 0. The molecular formula is C38H75NO8P+. The SMILES string of the molecule is CCCCCCCC/C=C/CCCCCCCC(=O)O[C@@H](COC(=O)CCCCCCCCCCC)COP(=O)(O)OCC[N+](C)(C)C. The van der Waals surface area contributed by atoms with Gasteiger partial charge in [-0.05, 0) is 38.5 Å². The van der Waals surface area contributed by atoms with Crippen molar-refractivity contribution in [2.45, 2.75) is 174 Å². The third-order valence-electron chi connectivity index (χ3n) is 8.30. The highest BCUT2D eigenvalue weighted by atomic mass is 31.2. The number of likely N-dealkylation sites (N-methyl/N-ethyl adjacent to an activating group) is 1. The van der Waals surface area contributed by atoms with Crippen molar-refractivity contribution in [1.29, 1.82) is 0 Å². The minimum absolute atomic E-state index is 0.0327. The van der Waals surface area contributed by atoms with Gasteiger partial charge in [-0.15, -0.1) is 0 Å². The number of ether oxygens (including phenoxy) is 2. The quantitative estimate of drug-likeness (QED) is 0.0228. The van der Waals surface area contributed by atoms with E-state index in [1.807, 2.05) is 21.1 Å². The fraction of sp³-hybridized carbons (Fsp3) is 0.895. The zero-order valence-corrected chi connectivity index (χ0v) is 32.6. The first kappa shape index (κ1) is 46.8. The molecule has 1 N–H and O–H groups in total. The molecule has 48 heavy (non-hydrogen) atoms. The molecule has 0 spiro atoms. The Kier molecular flexibility index (Phi) is 30.9. The van der Waals surface area contributed by atoms with Crippen molar-refractivity contribution in [2.75, 3.05) is 47.5 Å². The van der Waals surface area contributed by atoms with Crippen LogP contribution in [0.1, 0.15) is 168 Å². The van der Waals surface area contributed by atoms with Crippen LogP contribution in [0.25, 0.3) is 0 Å². The van der Waals surface area contributed by atoms with Crippen molar-refractivity contribution < 1.29 is 42.1 Å². The maximum atomic E-state index is 12.6. The zero-order chi connectivity index (χ0) is 35.8. The molecule has 0 saturated heterocycles. The molecule has 0 aromatic carbocycles. The Balaban J connectivity index is 4.42. The van der Waals surface area contributed by atoms with Crippen LogP contribution in [0.5, 0.6) is 0 Å². The van der Waals surface area contributed by atoms with Crippen LogP contribution in [-0.4, -0.2) is 74.9 Å². The van der Waals surface area contributed by atoms with Crippen LogP contribution in [0.15, 0.2) is 12.2 Å². The Morgan fingerprint density at radius 1 is 0.625 bits per heavy atom. The smallest absolute Gasteiger partial charge is 0.462 e. The number of carbonyl (C=O) groups excluding carboxylic acids is 2. The van der Waals surface area contributed by atoms with E-state index in [0.717, 1.165) is 51.4 Å². The molecule has 0 amide bonds. The summed E-state index contributed by atoms with van der Waals surface area (Å²) in [6, 6.07) is 0. The number of rotatable bonds is 35. The fourth-order valence-corrected chi connectivity index (χ4v) is 5.93. The van der Waals surface area contributed by atoms with Crippen LogP contribution in [0.4, 0.5) is 0 Å². The topological polar surface area (TPSA) is 108 Å². The van der Waals surface area contributed by atoms with Gasteiger partial charge < -0.3 is 18.9 Å². The lowest BCUT2D eigenvalue weighted by Gasteiger charge is -2.24. The van der Waals surface area contributed by atoms with Crippen LogP contribution >= 0.6 is 7.82 Å². The van der Waals surface area contributed by atoms with Gasteiger partial charge in [0.05, 0.1) is 27.7 Å². The highest BCUT2D eigenvalue weighted by Crippen LogP contribution is 2.43. The standard InChI is InChI=1S/C38H74NO8P/c1-6-8-10-12-14-16-17-18-19-20-21-23-25-27-29-31-38(41)47-36(35-46-48(42,43)45-33-32-39(3,4)5)34-44-37(40)30-28-26-24-22-15-13-11-9-7-2/h18-19,36H,6-17,20-35H2,1-5H3/p+1/b19-18+/t36-/m0/s1. The van der Waals surface area contributed by atoms with Crippen molar-refractivity contribution in [1.82, 2.24) is 0 Å². The van der Waals surface area contributed by atoms with Crippen LogP contribution in [-0.2, 0) is 32.7 Å². The Morgan fingerprint density at radius 2 is 1.06 bits per heavy atom. The van der Waals surface area contributed by atoms with Crippen LogP contribution < -0.4 is 0 Å². The molecule has 0 aliphatic heterocycles. The molecular weight excluding hydrogens is 629 g/mol. The van der Waals surface area contributed by atoms with E-state index >= 15 is 0 Å². The van der Waals surface area contributed by atoms with Gasteiger partial charge in [0.25, 0.3) is 0 Å². The normalized spacial score (nSPS) is 13.9. The largest absolute Gasteiger partial charge is 0.472 e. The average Bonchev–Trinajstić information content (AvgIpc) is 3.02. The number of hydrogen-bond acceptors (Lipinski definition) is 7. The monoisotopic (exact) mass is 705 g/mol. The first-order valence-corrected chi connectivity index (χ1v) is 20.9. The minimum Gasteiger partial charge on any atom is -0.462 e. The van der Waals surface area contributed by atoms with E-state index in [9.17, 15) is 19.0 Å². The molecule has 0 rings (SSSR count). The van der Waals surface area contributed by atoms with E-state index in [1.54, 1.807) is 0 Å². The second kappa shape index (κ2) is 31.7. The summed E-state index contributed by atoms with van der Waals surface area (Å²) in [6.07, 6.45) is 29.7. The molecule has 10 heteroatoms. The second-order valence-electron chi connectivity index (χ2n) is 14.3. The molecule has 0 saturated carbocycles. The van der Waals surface area contributed by atoms with Crippen LogP contribution in [0, 0.1) is 0 Å². The number of carbonyl (C=O) groups is 2. The Hall–Kier alpha value is -1.25. The Morgan fingerprint density at radius 3 is 1.54 bits per heavy atom. The second-order valence-corrected chi connectivity index (χ2v) is 15.8. The molecule has 1 unspecified atom stereocenters. The van der Waals surface area contributed by atoms with Crippen LogP contribution in [0.2, 0.25) is 0 Å². The number of nitrogens with zero attached hydrogens (tertiary/aromatic N) is 1. The first-order chi connectivity index (χ1) is 23.0. The number of hydrogen-bond donors (Lipinski definition) is 1. The molecule has 9 nitrogen and oxygen atoms in total. The number of esters is 2. The van der Waals surface area contributed by atoms with Crippen LogP contribution in [0.3, 0.4) is 0 Å². The highest BCUT2D eigenvalue weighted by Gasteiger charge is 2.27. The van der Waals surface area contributed by atoms with Gasteiger partial charge in [0.15, 0.2) is 6.10 Å². The summed E-state index contributed by atoms with van der Waals surface area (Å²) in [6.45, 7) is 4.38. The molecule has 0 bridgehead atoms. The van der Waals surface area contributed by atoms with Crippen molar-refractivity contribution >= 4 is 19.8 Å². The van der Waals surface area contributed by atoms with Gasteiger partial charge in [-0.1, -0.05) is 129 Å². The Bertz CT molecular complexity index is 845. The first-order valence-electron chi connectivity index (χ1n) is 19.4. The molecule has 0 aromatic heterocycles. The van der Waals surface area contributed by atoms with Gasteiger partial charge in [-0.3, -0.25) is 18.6 Å². The van der Waals surface area contributed by atoms with Gasteiger partial charge in [0, 0.05) is 12.8 Å². The summed E-state index contributed by atoms with van der Waals surface area (Å²) in [5.74, 6) is -0.808. The van der Waals surface area contributed by atoms with Crippen molar-refractivity contribution in [3.05, 3.63) is 12.2 Å². The summed E-state index contributed by atoms with van der Waals surface area (Å²) in [7, 11) is 1.48. The number of phosphoric acid groups is 1. The average molecular weight is 705 g/mol. The molecule has 0 heterocycles. The lowest BCUT2D eigenvalue weighted by Crippen LogP contribution is -2.37. The van der Waals surface area contributed by atoms with Gasteiger partial charge >= 0.3 is 19.8 Å². The lowest BCUT2D eigenvalue weighted by atomic mass is 10.1. The number of allylic oxidation sites excluding steroid dienone is 2. The minimum atomic E-state index is -4.36. The fourth-order valence-electron chi connectivity index (χ4n) is 5.18. The maximum Gasteiger partial charge on any atom is 0.472 e. The van der Waals surface area contributed by atoms with Crippen molar-refractivity contribution in [3.8, 4) is 0 Å². The number of unbranched alkanes of at least 4 members (excludes halogenated alkanes) is 19. The van der Waals surface area contributed by atoms with Gasteiger partial charge in [-0.2, -0.15) is 0 Å². The summed E-state index contributed by atoms with van der Waals surface area (Å²) >= 11 is 0. The highest BCUT2D eigenvalue weighted by molar-refractivity contribution is 7.47. The third-order valence-corrected chi connectivity index (χ3v) is 9.28. The van der Waals surface area contributed by atoms with E-state index in [4.69, 9.17) is 18.5 Å². The van der Waals surface area contributed by atoms with Crippen molar-refractivity contribution in [3.63, 3.8) is 0 Å². The van der Waals surface area contributed by atoms with E-state index in [2.05, 4.69) is 26.0 Å². The predicted octanol–water partition coefficient (Wildman–Crippen LogP) is 10.2. The molecule has 0 fully saturated rings. The lowest BCUT2D eigenvalue weighted by molar-refractivity contribution is -0.870. The summed E-state index contributed by atoms with van der Waals surface area (Å²) in [4.78, 5) is 35.1. The van der Waals surface area contributed by atoms with E-state index < -0.39 is 26.5 Å². The van der Waals surface area contributed by atoms with Gasteiger partial charge in [0.2, 0.25) is 0 Å². The molecule has 0 aromatic rings. The Labute approximate surface area is 295 Å². The molecule has 284 valence electrons. The van der Waals surface area contributed by atoms with Crippen molar-refractivity contribution in [2.24, 2.45) is 0 Å². The van der Waals surface area contributed by atoms with E-state index in [1.165, 1.54) is 83.5 Å². The number of phosphoric ester groups is 1. The molecule has 2 atom stereocenters. The summed E-state index contributed by atoms with van der Waals surface area (Å²) < 4.78 is 34.1.